The van der Waals surface area contributed by atoms with Gasteiger partial charge in [0.05, 0.1) is 18.2 Å². The quantitative estimate of drug-likeness (QED) is 0.628. The van der Waals surface area contributed by atoms with E-state index in [0.717, 1.165) is 37.3 Å². The standard InChI is InChI=1S/C10H18N2O2S/c13-9-4-2-1-3-7(9)12-10(14)8-5-15-6-11-8/h7-9,11,13H,1-6H2,(H,12,14)/t7-,8?,9-/m0/s1. The maximum Gasteiger partial charge on any atom is 0.238 e. The van der Waals surface area contributed by atoms with Gasteiger partial charge in [-0.15, -0.1) is 11.8 Å². The lowest BCUT2D eigenvalue weighted by molar-refractivity contribution is -0.124. The number of hydrogen-bond donors (Lipinski definition) is 3. The fourth-order valence-corrected chi connectivity index (χ4v) is 3.07. The Bertz CT molecular complexity index is 231. The minimum absolute atomic E-state index is 0.0290. The lowest BCUT2D eigenvalue weighted by Gasteiger charge is -2.29. The van der Waals surface area contributed by atoms with Crippen LogP contribution in [0.4, 0.5) is 0 Å². The molecule has 1 saturated heterocycles. The maximum atomic E-state index is 11.8. The van der Waals surface area contributed by atoms with E-state index in [4.69, 9.17) is 0 Å². The maximum absolute atomic E-state index is 11.8. The summed E-state index contributed by atoms with van der Waals surface area (Å²) in [5.41, 5.74) is 0. The summed E-state index contributed by atoms with van der Waals surface area (Å²) in [5.74, 6) is 1.74. The summed E-state index contributed by atoms with van der Waals surface area (Å²) >= 11 is 1.74. The summed E-state index contributed by atoms with van der Waals surface area (Å²) in [7, 11) is 0. The van der Waals surface area contributed by atoms with Crippen LogP contribution in [-0.2, 0) is 4.79 Å². The van der Waals surface area contributed by atoms with Crippen molar-refractivity contribution in [2.24, 2.45) is 0 Å². The van der Waals surface area contributed by atoms with E-state index >= 15 is 0 Å². The Balaban J connectivity index is 1.81. The minimum atomic E-state index is -0.350. The van der Waals surface area contributed by atoms with Gasteiger partial charge in [0.25, 0.3) is 0 Å². The molecule has 3 N–H and O–H groups in total. The van der Waals surface area contributed by atoms with Gasteiger partial charge >= 0.3 is 0 Å². The Morgan fingerprint density at radius 1 is 1.40 bits per heavy atom. The van der Waals surface area contributed by atoms with Crippen LogP contribution in [0.15, 0.2) is 0 Å². The van der Waals surface area contributed by atoms with Gasteiger partial charge in [0.1, 0.15) is 0 Å². The molecule has 1 amide bonds. The van der Waals surface area contributed by atoms with Gasteiger partial charge in [0, 0.05) is 11.6 Å². The van der Waals surface area contributed by atoms with Crippen molar-refractivity contribution in [2.75, 3.05) is 11.6 Å². The first-order valence-corrected chi connectivity index (χ1v) is 6.72. The second-order valence-electron chi connectivity index (χ2n) is 4.24. The Kier molecular flexibility index (Phi) is 3.88. The van der Waals surface area contributed by atoms with E-state index < -0.39 is 0 Å². The first-order chi connectivity index (χ1) is 7.27. The van der Waals surface area contributed by atoms with Crippen molar-refractivity contribution in [1.29, 1.82) is 0 Å². The van der Waals surface area contributed by atoms with Crippen molar-refractivity contribution >= 4 is 17.7 Å². The zero-order valence-electron chi connectivity index (χ0n) is 8.74. The third-order valence-electron chi connectivity index (χ3n) is 3.09. The van der Waals surface area contributed by atoms with Gasteiger partial charge in [-0.2, -0.15) is 0 Å². The van der Waals surface area contributed by atoms with Crippen molar-refractivity contribution < 1.29 is 9.90 Å². The number of nitrogens with one attached hydrogen (secondary N) is 2. The number of carbonyl (C=O) groups is 1. The highest BCUT2D eigenvalue weighted by molar-refractivity contribution is 7.99. The lowest BCUT2D eigenvalue weighted by atomic mass is 9.92. The van der Waals surface area contributed by atoms with Gasteiger partial charge in [0.2, 0.25) is 5.91 Å². The third-order valence-corrected chi connectivity index (χ3v) is 4.03. The van der Waals surface area contributed by atoms with E-state index in [1.165, 1.54) is 0 Å². The first-order valence-electron chi connectivity index (χ1n) is 5.57. The number of aliphatic hydroxyl groups excluding tert-OH is 1. The van der Waals surface area contributed by atoms with Crippen LogP contribution in [0.2, 0.25) is 0 Å². The van der Waals surface area contributed by atoms with E-state index in [-0.39, 0.29) is 24.1 Å². The Morgan fingerprint density at radius 3 is 2.87 bits per heavy atom. The van der Waals surface area contributed by atoms with Gasteiger partial charge < -0.3 is 10.4 Å². The third kappa shape index (κ3) is 2.86. The fraction of sp³-hybridized carbons (Fsp3) is 0.900. The summed E-state index contributed by atoms with van der Waals surface area (Å²) in [5, 5.41) is 15.8. The van der Waals surface area contributed by atoms with Crippen LogP contribution in [-0.4, -0.2) is 40.8 Å². The highest BCUT2D eigenvalue weighted by atomic mass is 32.2. The minimum Gasteiger partial charge on any atom is -0.391 e. The molecule has 0 aromatic heterocycles. The predicted octanol–water partition coefficient (Wildman–Crippen LogP) is 0.0686. The van der Waals surface area contributed by atoms with Crippen molar-refractivity contribution in [1.82, 2.24) is 10.6 Å². The molecule has 0 bridgehead atoms. The highest BCUT2D eigenvalue weighted by Crippen LogP contribution is 2.19. The Morgan fingerprint density at radius 2 is 2.20 bits per heavy atom. The molecule has 1 aliphatic heterocycles. The van der Waals surface area contributed by atoms with Gasteiger partial charge in [-0.05, 0) is 12.8 Å². The fourth-order valence-electron chi connectivity index (χ4n) is 2.13. The smallest absolute Gasteiger partial charge is 0.238 e. The van der Waals surface area contributed by atoms with Crippen LogP contribution in [0.1, 0.15) is 25.7 Å². The summed E-state index contributed by atoms with van der Waals surface area (Å²) in [6.45, 7) is 0. The van der Waals surface area contributed by atoms with Gasteiger partial charge in [-0.25, -0.2) is 0 Å². The number of thioether (sulfide) groups is 1. The lowest BCUT2D eigenvalue weighted by Crippen LogP contribution is -2.51. The predicted molar refractivity (Wildman–Crippen MR) is 60.7 cm³/mol. The average molecular weight is 230 g/mol. The summed E-state index contributed by atoms with van der Waals surface area (Å²) in [6, 6.07) is -0.0947. The Labute approximate surface area is 94.2 Å². The molecule has 2 fully saturated rings. The molecule has 1 saturated carbocycles. The number of carbonyl (C=O) groups excluding carboxylic acids is 1. The van der Waals surface area contributed by atoms with Crippen LogP contribution in [0, 0.1) is 0 Å². The van der Waals surface area contributed by atoms with Crippen LogP contribution in [0.5, 0.6) is 0 Å². The zero-order chi connectivity index (χ0) is 10.7. The highest BCUT2D eigenvalue weighted by Gasteiger charge is 2.28. The molecular formula is C10H18N2O2S. The second-order valence-corrected chi connectivity index (χ2v) is 5.27. The van der Waals surface area contributed by atoms with Crippen molar-refractivity contribution in [3.8, 4) is 0 Å². The number of hydrogen-bond acceptors (Lipinski definition) is 4. The average Bonchev–Trinajstić information content (AvgIpc) is 2.74. The van der Waals surface area contributed by atoms with Gasteiger partial charge in [-0.1, -0.05) is 12.8 Å². The molecule has 3 atom stereocenters. The molecule has 1 aliphatic carbocycles. The van der Waals surface area contributed by atoms with E-state index in [1.54, 1.807) is 11.8 Å². The molecule has 1 unspecified atom stereocenters. The van der Waals surface area contributed by atoms with Crippen LogP contribution >= 0.6 is 11.8 Å². The second kappa shape index (κ2) is 5.18. The molecule has 4 nitrogen and oxygen atoms in total. The first kappa shape index (κ1) is 11.2. The SMILES string of the molecule is O=C(N[C@H]1CCCC[C@@H]1O)C1CSCN1. The van der Waals surface area contributed by atoms with Crippen molar-refractivity contribution in [3.05, 3.63) is 0 Å². The molecule has 15 heavy (non-hydrogen) atoms. The molecule has 1 heterocycles. The number of rotatable bonds is 2. The normalized spacial score (nSPS) is 36.5. The van der Waals surface area contributed by atoms with Crippen LogP contribution in [0.25, 0.3) is 0 Å². The molecule has 0 radical (unpaired) electrons. The molecule has 86 valence electrons. The van der Waals surface area contributed by atoms with Crippen molar-refractivity contribution in [3.63, 3.8) is 0 Å². The van der Waals surface area contributed by atoms with Crippen molar-refractivity contribution in [2.45, 2.75) is 43.9 Å². The number of amides is 1. The molecule has 2 aliphatic rings. The van der Waals surface area contributed by atoms with Gasteiger partial charge in [0.15, 0.2) is 0 Å². The Hall–Kier alpha value is -0.260. The topological polar surface area (TPSA) is 61.4 Å². The summed E-state index contributed by atoms with van der Waals surface area (Å²) < 4.78 is 0. The largest absolute Gasteiger partial charge is 0.391 e. The van der Waals surface area contributed by atoms with E-state index in [0.29, 0.717) is 0 Å². The summed E-state index contributed by atoms with van der Waals surface area (Å²) in [4.78, 5) is 11.8. The van der Waals surface area contributed by atoms with Gasteiger partial charge in [-0.3, -0.25) is 10.1 Å². The molecule has 0 aromatic carbocycles. The zero-order valence-corrected chi connectivity index (χ0v) is 9.55. The summed E-state index contributed by atoms with van der Waals surface area (Å²) in [6.07, 6.45) is 3.56. The van der Waals surface area contributed by atoms with Crippen LogP contribution in [0.3, 0.4) is 0 Å². The molecular weight excluding hydrogens is 212 g/mol. The molecule has 2 rings (SSSR count). The monoisotopic (exact) mass is 230 g/mol. The molecule has 0 aromatic rings. The van der Waals surface area contributed by atoms with E-state index in [2.05, 4.69) is 10.6 Å². The van der Waals surface area contributed by atoms with Crippen LogP contribution < -0.4 is 10.6 Å². The van der Waals surface area contributed by atoms with E-state index in [1.807, 2.05) is 0 Å². The molecule has 0 spiro atoms. The van der Waals surface area contributed by atoms with E-state index in [9.17, 15) is 9.90 Å². The molecule has 5 heteroatoms. The number of aliphatic hydroxyl groups is 1.